The van der Waals surface area contributed by atoms with Gasteiger partial charge >= 0.3 is 0 Å². The Morgan fingerprint density at radius 3 is 2.48 bits per heavy atom. The van der Waals surface area contributed by atoms with Crippen LogP contribution >= 0.6 is 0 Å². The summed E-state index contributed by atoms with van der Waals surface area (Å²) in [7, 11) is 0. The zero-order chi connectivity index (χ0) is 15.5. The van der Waals surface area contributed by atoms with Crippen molar-refractivity contribution < 1.29 is 4.79 Å². The van der Waals surface area contributed by atoms with Gasteiger partial charge in [-0.05, 0) is 37.8 Å². The number of carbonyl (C=O) groups excluding carboxylic acids is 1. The largest absolute Gasteiger partial charge is 0.339 e. The highest BCUT2D eigenvalue weighted by Gasteiger charge is 2.22. The van der Waals surface area contributed by atoms with E-state index in [9.17, 15) is 4.79 Å². The van der Waals surface area contributed by atoms with Crippen LogP contribution in [0.15, 0.2) is 30.3 Å². The highest BCUT2D eigenvalue weighted by atomic mass is 16.2. The molecule has 1 unspecified atom stereocenters. The standard InChI is InChI=1S/C18H30N2O/c1-3-9-17(15-16-10-6-5-7-11-16)20(14-4-2)18(21)12-8-13-19/h5-7,10-11,17H,3-4,8-9,12-15,19H2,1-2H3. The zero-order valence-corrected chi connectivity index (χ0v) is 13.6. The highest BCUT2D eigenvalue weighted by Crippen LogP contribution is 2.16. The molecule has 0 aromatic heterocycles. The second-order valence-corrected chi connectivity index (χ2v) is 5.61. The Kier molecular flexibility index (Phi) is 8.76. The molecule has 2 N–H and O–H groups in total. The van der Waals surface area contributed by atoms with Gasteiger partial charge in [0.2, 0.25) is 5.91 Å². The maximum atomic E-state index is 12.5. The maximum Gasteiger partial charge on any atom is 0.222 e. The third kappa shape index (κ3) is 6.30. The molecule has 0 spiro atoms. The second kappa shape index (κ2) is 10.4. The summed E-state index contributed by atoms with van der Waals surface area (Å²) in [5, 5.41) is 0. The predicted octanol–water partition coefficient (Wildman–Crippen LogP) is 3.38. The van der Waals surface area contributed by atoms with Gasteiger partial charge in [0.25, 0.3) is 0 Å². The number of hydrogen-bond donors (Lipinski definition) is 1. The summed E-state index contributed by atoms with van der Waals surface area (Å²) in [6.07, 6.45) is 5.46. The van der Waals surface area contributed by atoms with Crippen molar-refractivity contribution in [1.29, 1.82) is 0 Å². The van der Waals surface area contributed by atoms with Crippen molar-refractivity contribution >= 4 is 5.91 Å². The monoisotopic (exact) mass is 290 g/mol. The minimum Gasteiger partial charge on any atom is -0.339 e. The summed E-state index contributed by atoms with van der Waals surface area (Å²) < 4.78 is 0. The van der Waals surface area contributed by atoms with Gasteiger partial charge < -0.3 is 10.6 Å². The van der Waals surface area contributed by atoms with E-state index in [1.807, 2.05) is 6.07 Å². The van der Waals surface area contributed by atoms with Crippen molar-refractivity contribution in [2.24, 2.45) is 5.73 Å². The molecule has 118 valence electrons. The van der Waals surface area contributed by atoms with Crippen molar-refractivity contribution in [3.05, 3.63) is 35.9 Å². The Hall–Kier alpha value is -1.35. The van der Waals surface area contributed by atoms with Crippen molar-refractivity contribution in [1.82, 2.24) is 4.90 Å². The molecule has 1 aromatic carbocycles. The number of nitrogens with zero attached hydrogens (tertiary/aromatic N) is 1. The maximum absolute atomic E-state index is 12.5. The molecule has 0 saturated carbocycles. The Morgan fingerprint density at radius 1 is 1.19 bits per heavy atom. The summed E-state index contributed by atoms with van der Waals surface area (Å²) in [6, 6.07) is 10.8. The van der Waals surface area contributed by atoms with Crippen molar-refractivity contribution in [3.63, 3.8) is 0 Å². The van der Waals surface area contributed by atoms with Crippen LogP contribution in [0.5, 0.6) is 0 Å². The molecule has 0 heterocycles. The first-order valence-corrected chi connectivity index (χ1v) is 8.26. The van der Waals surface area contributed by atoms with E-state index in [0.29, 0.717) is 19.0 Å². The SMILES string of the molecule is CCCC(Cc1ccccc1)N(CCC)C(=O)CCCN. The number of benzene rings is 1. The first kappa shape index (κ1) is 17.7. The Labute approximate surface area is 129 Å². The lowest BCUT2D eigenvalue weighted by molar-refractivity contribution is -0.133. The van der Waals surface area contributed by atoms with E-state index in [1.54, 1.807) is 0 Å². The average Bonchev–Trinajstić information content (AvgIpc) is 2.51. The van der Waals surface area contributed by atoms with E-state index < -0.39 is 0 Å². The summed E-state index contributed by atoms with van der Waals surface area (Å²) >= 11 is 0. The molecule has 21 heavy (non-hydrogen) atoms. The number of carbonyl (C=O) groups is 1. The summed E-state index contributed by atoms with van der Waals surface area (Å²) in [6.45, 7) is 5.75. The van der Waals surface area contributed by atoms with Gasteiger partial charge in [0, 0.05) is 19.0 Å². The first-order chi connectivity index (χ1) is 10.2. The van der Waals surface area contributed by atoms with Crippen LogP contribution in [-0.2, 0) is 11.2 Å². The van der Waals surface area contributed by atoms with Crippen LogP contribution in [0.2, 0.25) is 0 Å². The van der Waals surface area contributed by atoms with Gasteiger partial charge in [0.05, 0.1) is 0 Å². The Morgan fingerprint density at radius 2 is 1.90 bits per heavy atom. The molecule has 1 amide bonds. The average molecular weight is 290 g/mol. The molecule has 0 bridgehead atoms. The fourth-order valence-corrected chi connectivity index (χ4v) is 2.74. The van der Waals surface area contributed by atoms with Crippen LogP contribution in [0.25, 0.3) is 0 Å². The molecule has 0 aliphatic rings. The fourth-order valence-electron chi connectivity index (χ4n) is 2.74. The number of nitrogens with two attached hydrogens (primary N) is 1. The minimum absolute atomic E-state index is 0.261. The van der Waals surface area contributed by atoms with Crippen LogP contribution in [0.4, 0.5) is 0 Å². The molecule has 0 fully saturated rings. The van der Waals surface area contributed by atoms with E-state index >= 15 is 0 Å². The van der Waals surface area contributed by atoms with Gasteiger partial charge in [-0.25, -0.2) is 0 Å². The second-order valence-electron chi connectivity index (χ2n) is 5.61. The smallest absolute Gasteiger partial charge is 0.222 e. The van der Waals surface area contributed by atoms with E-state index in [4.69, 9.17) is 5.73 Å². The van der Waals surface area contributed by atoms with Crippen LogP contribution in [-0.4, -0.2) is 29.9 Å². The summed E-state index contributed by atoms with van der Waals surface area (Å²) in [5.74, 6) is 0.261. The van der Waals surface area contributed by atoms with Gasteiger partial charge in [-0.15, -0.1) is 0 Å². The van der Waals surface area contributed by atoms with Gasteiger partial charge in [0.15, 0.2) is 0 Å². The molecule has 0 aliphatic carbocycles. The minimum atomic E-state index is 0.261. The first-order valence-electron chi connectivity index (χ1n) is 8.26. The topological polar surface area (TPSA) is 46.3 Å². The van der Waals surface area contributed by atoms with Crippen molar-refractivity contribution in [3.8, 4) is 0 Å². The highest BCUT2D eigenvalue weighted by molar-refractivity contribution is 5.76. The van der Waals surface area contributed by atoms with E-state index in [1.165, 1.54) is 5.56 Å². The normalized spacial score (nSPS) is 12.1. The summed E-state index contributed by atoms with van der Waals surface area (Å²) in [5.41, 5.74) is 6.85. The van der Waals surface area contributed by atoms with Gasteiger partial charge in [-0.3, -0.25) is 4.79 Å². The summed E-state index contributed by atoms with van der Waals surface area (Å²) in [4.78, 5) is 14.6. The molecular weight excluding hydrogens is 260 g/mol. The third-order valence-corrected chi connectivity index (χ3v) is 3.76. The molecule has 0 saturated heterocycles. The van der Waals surface area contributed by atoms with E-state index in [-0.39, 0.29) is 5.91 Å². The molecule has 1 rings (SSSR count). The van der Waals surface area contributed by atoms with Gasteiger partial charge in [-0.2, -0.15) is 0 Å². The number of amides is 1. The molecule has 3 nitrogen and oxygen atoms in total. The zero-order valence-electron chi connectivity index (χ0n) is 13.6. The lowest BCUT2D eigenvalue weighted by atomic mass is 9.99. The lowest BCUT2D eigenvalue weighted by Crippen LogP contribution is -2.42. The van der Waals surface area contributed by atoms with Crippen LogP contribution < -0.4 is 5.73 Å². The van der Waals surface area contributed by atoms with Crippen LogP contribution in [0.3, 0.4) is 0 Å². The Bertz CT molecular complexity index is 391. The van der Waals surface area contributed by atoms with Crippen molar-refractivity contribution in [2.75, 3.05) is 13.1 Å². The lowest BCUT2D eigenvalue weighted by Gasteiger charge is -2.32. The van der Waals surface area contributed by atoms with Gasteiger partial charge in [-0.1, -0.05) is 50.6 Å². The predicted molar refractivity (Wildman–Crippen MR) is 89.1 cm³/mol. The molecular formula is C18H30N2O. The molecule has 3 heteroatoms. The van der Waals surface area contributed by atoms with Gasteiger partial charge in [0.1, 0.15) is 0 Å². The Balaban J connectivity index is 2.78. The van der Waals surface area contributed by atoms with Crippen LogP contribution in [0.1, 0.15) is 51.5 Å². The van der Waals surface area contributed by atoms with Crippen LogP contribution in [0, 0.1) is 0 Å². The fraction of sp³-hybridized carbons (Fsp3) is 0.611. The third-order valence-electron chi connectivity index (χ3n) is 3.76. The quantitative estimate of drug-likeness (QED) is 0.718. The van der Waals surface area contributed by atoms with E-state index in [2.05, 4.69) is 43.0 Å². The van der Waals surface area contributed by atoms with Crippen molar-refractivity contribution in [2.45, 2.75) is 58.4 Å². The molecule has 0 radical (unpaired) electrons. The molecule has 0 aliphatic heterocycles. The number of hydrogen-bond acceptors (Lipinski definition) is 2. The molecule has 1 aromatic rings. The van der Waals surface area contributed by atoms with E-state index in [0.717, 1.165) is 38.6 Å². The molecule has 1 atom stereocenters. The number of rotatable bonds is 10.